The van der Waals surface area contributed by atoms with Crippen molar-refractivity contribution in [3.63, 3.8) is 0 Å². The Morgan fingerprint density at radius 1 is 1.22 bits per heavy atom. The number of pyridine rings is 1. The van der Waals surface area contributed by atoms with Gasteiger partial charge in [0.1, 0.15) is 5.82 Å². The smallest absolute Gasteiger partial charge is 0.257 e. The van der Waals surface area contributed by atoms with Gasteiger partial charge in [-0.1, -0.05) is 0 Å². The third-order valence-electron chi connectivity index (χ3n) is 4.33. The number of amides is 1. The summed E-state index contributed by atoms with van der Waals surface area (Å²) < 4.78 is 0. The molecule has 1 aromatic rings. The molecular weight excluding hydrogens is 335 g/mol. The molecule has 2 aliphatic rings. The fourth-order valence-electron chi connectivity index (χ4n) is 3.21. The standard InChI is InChI=1S/C16H24N4O.2ClH/c1-13-12-20(11-8-17-13)16(21)14-6-5-7-18-15(14)19-9-3-2-4-10-19;;/h5-7,13,17H,2-4,8-12H2,1H3;2*1H. The predicted molar refractivity (Wildman–Crippen MR) is 98.2 cm³/mol. The van der Waals surface area contributed by atoms with Gasteiger partial charge >= 0.3 is 0 Å². The molecular formula is C16H26Cl2N4O. The van der Waals surface area contributed by atoms with Crippen LogP contribution in [0.15, 0.2) is 18.3 Å². The van der Waals surface area contributed by atoms with Gasteiger partial charge in [0.2, 0.25) is 0 Å². The molecule has 23 heavy (non-hydrogen) atoms. The van der Waals surface area contributed by atoms with E-state index < -0.39 is 0 Å². The van der Waals surface area contributed by atoms with Crippen LogP contribution in [0.5, 0.6) is 0 Å². The summed E-state index contributed by atoms with van der Waals surface area (Å²) in [5, 5.41) is 3.38. The molecule has 3 rings (SSSR count). The summed E-state index contributed by atoms with van der Waals surface area (Å²) in [5.74, 6) is 0.991. The molecule has 130 valence electrons. The number of rotatable bonds is 2. The van der Waals surface area contributed by atoms with Crippen LogP contribution in [-0.2, 0) is 0 Å². The van der Waals surface area contributed by atoms with E-state index in [0.717, 1.165) is 44.1 Å². The molecule has 2 fully saturated rings. The Morgan fingerprint density at radius 2 is 1.96 bits per heavy atom. The van der Waals surface area contributed by atoms with Crippen LogP contribution in [0, 0.1) is 0 Å². The molecule has 5 nitrogen and oxygen atoms in total. The van der Waals surface area contributed by atoms with E-state index in [4.69, 9.17) is 0 Å². The zero-order valence-corrected chi connectivity index (χ0v) is 15.2. The third kappa shape index (κ3) is 4.72. The maximum atomic E-state index is 12.8. The molecule has 3 heterocycles. The Labute approximate surface area is 150 Å². The van der Waals surface area contributed by atoms with E-state index in [9.17, 15) is 4.79 Å². The summed E-state index contributed by atoms with van der Waals surface area (Å²) in [6, 6.07) is 4.15. The number of aromatic nitrogens is 1. The minimum absolute atomic E-state index is 0. The number of carbonyl (C=O) groups excluding carboxylic acids is 1. The van der Waals surface area contributed by atoms with E-state index >= 15 is 0 Å². The molecule has 1 N–H and O–H groups in total. The summed E-state index contributed by atoms with van der Waals surface area (Å²) in [6.07, 6.45) is 5.45. The van der Waals surface area contributed by atoms with Crippen molar-refractivity contribution in [2.75, 3.05) is 37.6 Å². The minimum Gasteiger partial charge on any atom is -0.356 e. The largest absolute Gasteiger partial charge is 0.356 e. The minimum atomic E-state index is 0. The summed E-state index contributed by atoms with van der Waals surface area (Å²) >= 11 is 0. The van der Waals surface area contributed by atoms with Gasteiger partial charge in [0, 0.05) is 45.0 Å². The number of carbonyl (C=O) groups is 1. The molecule has 2 saturated heterocycles. The van der Waals surface area contributed by atoms with Gasteiger partial charge in [-0.05, 0) is 38.3 Å². The zero-order chi connectivity index (χ0) is 14.7. The number of halogens is 2. The fraction of sp³-hybridized carbons (Fsp3) is 0.625. The SMILES string of the molecule is CC1CN(C(=O)c2cccnc2N2CCCCC2)CCN1.Cl.Cl. The van der Waals surface area contributed by atoms with Crippen LogP contribution < -0.4 is 10.2 Å². The van der Waals surface area contributed by atoms with Crippen molar-refractivity contribution < 1.29 is 4.79 Å². The van der Waals surface area contributed by atoms with Gasteiger partial charge < -0.3 is 15.1 Å². The number of piperazine rings is 1. The van der Waals surface area contributed by atoms with Crippen LogP contribution in [0.25, 0.3) is 0 Å². The molecule has 0 bridgehead atoms. The Hall–Kier alpha value is -1.04. The first kappa shape index (κ1) is 20.0. The highest BCUT2D eigenvalue weighted by molar-refractivity contribution is 5.99. The molecule has 0 aliphatic carbocycles. The molecule has 0 spiro atoms. The number of anilines is 1. The van der Waals surface area contributed by atoms with E-state index in [1.165, 1.54) is 19.3 Å². The van der Waals surface area contributed by atoms with E-state index in [-0.39, 0.29) is 30.7 Å². The average molecular weight is 361 g/mol. The van der Waals surface area contributed by atoms with Crippen LogP contribution in [0.3, 0.4) is 0 Å². The Balaban J connectivity index is 0.00000132. The Bertz CT molecular complexity index is 509. The van der Waals surface area contributed by atoms with Gasteiger partial charge in [-0.3, -0.25) is 4.79 Å². The average Bonchev–Trinajstić information content (AvgIpc) is 2.55. The second kappa shape index (κ2) is 9.30. The van der Waals surface area contributed by atoms with Crippen LogP contribution in [0.1, 0.15) is 36.5 Å². The van der Waals surface area contributed by atoms with E-state index in [1.54, 1.807) is 6.20 Å². The molecule has 0 saturated carbocycles. The van der Waals surface area contributed by atoms with Crippen molar-refractivity contribution in [1.29, 1.82) is 0 Å². The molecule has 0 radical (unpaired) electrons. The summed E-state index contributed by atoms with van der Waals surface area (Å²) in [7, 11) is 0. The van der Waals surface area contributed by atoms with Gasteiger partial charge in [0.25, 0.3) is 5.91 Å². The summed E-state index contributed by atoms with van der Waals surface area (Å²) in [6.45, 7) is 6.55. The van der Waals surface area contributed by atoms with Crippen molar-refractivity contribution in [3.05, 3.63) is 23.9 Å². The predicted octanol–water partition coefficient (Wildman–Crippen LogP) is 2.35. The van der Waals surface area contributed by atoms with Crippen LogP contribution in [-0.4, -0.2) is 54.6 Å². The van der Waals surface area contributed by atoms with Gasteiger partial charge in [0.05, 0.1) is 5.56 Å². The maximum Gasteiger partial charge on any atom is 0.257 e. The lowest BCUT2D eigenvalue weighted by atomic mass is 10.1. The molecule has 7 heteroatoms. The monoisotopic (exact) mass is 360 g/mol. The van der Waals surface area contributed by atoms with Gasteiger partial charge in [-0.25, -0.2) is 4.98 Å². The van der Waals surface area contributed by atoms with Crippen molar-refractivity contribution in [1.82, 2.24) is 15.2 Å². The van der Waals surface area contributed by atoms with Crippen LogP contribution in [0.2, 0.25) is 0 Å². The molecule has 1 aromatic heterocycles. The van der Waals surface area contributed by atoms with E-state index in [1.807, 2.05) is 17.0 Å². The Morgan fingerprint density at radius 3 is 2.65 bits per heavy atom. The number of nitrogens with zero attached hydrogens (tertiary/aromatic N) is 3. The zero-order valence-electron chi connectivity index (χ0n) is 13.5. The number of hydrogen-bond donors (Lipinski definition) is 1. The highest BCUT2D eigenvalue weighted by Gasteiger charge is 2.26. The lowest BCUT2D eigenvalue weighted by Crippen LogP contribution is -2.51. The van der Waals surface area contributed by atoms with Crippen molar-refractivity contribution in [3.8, 4) is 0 Å². The quantitative estimate of drug-likeness (QED) is 0.879. The molecule has 1 unspecified atom stereocenters. The number of nitrogens with one attached hydrogen (secondary N) is 1. The molecule has 0 aromatic carbocycles. The first-order valence-electron chi connectivity index (χ1n) is 7.98. The van der Waals surface area contributed by atoms with Gasteiger partial charge in [-0.15, -0.1) is 24.8 Å². The summed E-state index contributed by atoms with van der Waals surface area (Å²) in [5.41, 5.74) is 0.758. The second-order valence-electron chi connectivity index (χ2n) is 6.03. The van der Waals surface area contributed by atoms with Crippen LogP contribution in [0.4, 0.5) is 5.82 Å². The lowest BCUT2D eigenvalue weighted by molar-refractivity contribution is 0.0709. The first-order chi connectivity index (χ1) is 10.3. The topological polar surface area (TPSA) is 48.5 Å². The highest BCUT2D eigenvalue weighted by Crippen LogP contribution is 2.23. The van der Waals surface area contributed by atoms with E-state index in [0.29, 0.717) is 6.04 Å². The highest BCUT2D eigenvalue weighted by atomic mass is 35.5. The van der Waals surface area contributed by atoms with Gasteiger partial charge in [0.15, 0.2) is 0 Å². The molecule has 1 amide bonds. The first-order valence-corrected chi connectivity index (χ1v) is 7.98. The molecule has 2 aliphatic heterocycles. The maximum absolute atomic E-state index is 12.8. The normalized spacial score (nSPS) is 21.2. The second-order valence-corrected chi connectivity index (χ2v) is 6.03. The van der Waals surface area contributed by atoms with Crippen molar-refractivity contribution >= 4 is 36.5 Å². The van der Waals surface area contributed by atoms with Crippen molar-refractivity contribution in [2.45, 2.75) is 32.2 Å². The van der Waals surface area contributed by atoms with Gasteiger partial charge in [-0.2, -0.15) is 0 Å². The number of piperidine rings is 1. The summed E-state index contributed by atoms with van der Waals surface area (Å²) in [4.78, 5) is 21.6. The van der Waals surface area contributed by atoms with Crippen molar-refractivity contribution in [2.24, 2.45) is 0 Å². The number of hydrogen-bond acceptors (Lipinski definition) is 4. The molecule has 1 atom stereocenters. The van der Waals surface area contributed by atoms with Crippen LogP contribution >= 0.6 is 24.8 Å². The Kier molecular flexibility index (Phi) is 8.09. The third-order valence-corrected chi connectivity index (χ3v) is 4.33. The lowest BCUT2D eigenvalue weighted by Gasteiger charge is -2.34. The fourth-order valence-corrected chi connectivity index (χ4v) is 3.21. The van der Waals surface area contributed by atoms with E-state index in [2.05, 4.69) is 22.1 Å².